The van der Waals surface area contributed by atoms with Crippen molar-refractivity contribution in [3.05, 3.63) is 23.3 Å². The number of nitrogens with zero attached hydrogens (tertiary/aromatic N) is 1. The molecule has 27 heavy (non-hydrogen) atoms. The van der Waals surface area contributed by atoms with Crippen LogP contribution in [0.25, 0.3) is 0 Å². The van der Waals surface area contributed by atoms with E-state index in [1.807, 2.05) is 12.3 Å². The second-order valence-electron chi connectivity index (χ2n) is 8.42. The van der Waals surface area contributed by atoms with Crippen LogP contribution in [0.3, 0.4) is 0 Å². The molecule has 4 saturated carbocycles. The van der Waals surface area contributed by atoms with Crippen molar-refractivity contribution in [1.82, 2.24) is 0 Å². The van der Waals surface area contributed by atoms with E-state index in [9.17, 15) is 5.11 Å². The van der Waals surface area contributed by atoms with Gasteiger partial charge in [-0.05, 0) is 80.2 Å². The normalized spacial score (nSPS) is 30.9. The number of aliphatic imine (C=N–C) groups is 1. The van der Waals surface area contributed by atoms with E-state index in [4.69, 9.17) is 21.8 Å². The molecule has 1 N–H and O–H groups in total. The van der Waals surface area contributed by atoms with Gasteiger partial charge < -0.3 is 9.84 Å². The molecule has 0 saturated heterocycles. The van der Waals surface area contributed by atoms with Crippen LogP contribution >= 0.6 is 17.0 Å². The molecule has 0 spiro atoms. The average Bonchev–Trinajstić information content (AvgIpc) is 2.62. The first kappa shape index (κ1) is 21.7. The Kier molecular flexibility index (Phi) is 7.73. The standard InChI is InChI=1S/C21H29NO2.2ClH.Zr/c1-3-4-22-13-17-8-18(24-2)9-19(20(17)23)21-10-14-5-15(11-21)7-16(6-14)12-21;;;/h8-9,13-16,23H,3-7,10-12H2,1-2H3;2*1H;/q;;;+2/p-2. The van der Waals surface area contributed by atoms with E-state index in [0.717, 1.165) is 47.6 Å². The van der Waals surface area contributed by atoms with Crippen molar-refractivity contribution >= 4 is 23.2 Å². The number of hydrogen-bond acceptors (Lipinski definition) is 3. The van der Waals surface area contributed by atoms with Gasteiger partial charge in [-0.15, -0.1) is 0 Å². The molecule has 0 aromatic heterocycles. The third-order valence-corrected chi connectivity index (χ3v) is 6.54. The number of hydrogen-bond donors (Lipinski definition) is 1. The minimum atomic E-state index is -0.826. The summed E-state index contributed by atoms with van der Waals surface area (Å²) in [5, 5.41) is 11.0. The van der Waals surface area contributed by atoms with Crippen molar-refractivity contribution in [2.45, 2.75) is 57.3 Å². The Morgan fingerprint density at radius 1 is 1.19 bits per heavy atom. The molecule has 0 heterocycles. The van der Waals surface area contributed by atoms with Crippen molar-refractivity contribution < 1.29 is 30.7 Å². The summed E-state index contributed by atoms with van der Waals surface area (Å²) in [6.07, 6.45) is 10.8. The fraction of sp³-hybridized carbons (Fsp3) is 0.667. The first-order chi connectivity index (χ1) is 13.0. The Labute approximate surface area is 181 Å². The van der Waals surface area contributed by atoms with Crippen molar-refractivity contribution in [3.63, 3.8) is 0 Å². The molecule has 0 unspecified atom stereocenters. The molecular formula is C21H29Cl2NO2Zr. The Hall–Kier alpha value is -0.0469. The molecule has 0 amide bonds. The molecule has 3 nitrogen and oxygen atoms in total. The maximum absolute atomic E-state index is 11.0. The Morgan fingerprint density at radius 2 is 1.74 bits per heavy atom. The van der Waals surface area contributed by atoms with Gasteiger partial charge in [0.15, 0.2) is 0 Å². The molecule has 0 atom stereocenters. The van der Waals surface area contributed by atoms with Crippen LogP contribution in [0.2, 0.25) is 0 Å². The molecule has 1 aromatic carbocycles. The Morgan fingerprint density at radius 3 is 2.22 bits per heavy atom. The topological polar surface area (TPSA) is 41.8 Å². The van der Waals surface area contributed by atoms with Crippen LogP contribution in [0.15, 0.2) is 17.1 Å². The molecule has 5 rings (SSSR count). The van der Waals surface area contributed by atoms with E-state index in [0.29, 0.717) is 5.75 Å². The number of benzene rings is 1. The van der Waals surface area contributed by atoms with E-state index in [2.05, 4.69) is 18.0 Å². The SMILES string of the molecule is CCCN=Cc1cc(OC)cc(C23CC4CC(CC(C4)C2)C3)c1O.[Cl][Zr][Cl]. The van der Waals surface area contributed by atoms with Crippen LogP contribution in [-0.2, 0) is 26.3 Å². The molecule has 6 heteroatoms. The molecular weight excluding hydrogens is 460 g/mol. The summed E-state index contributed by atoms with van der Waals surface area (Å²) in [6, 6.07) is 4.01. The number of phenolic OH excluding ortho intramolecular Hbond substituents is 1. The van der Waals surface area contributed by atoms with Gasteiger partial charge >= 0.3 is 37.9 Å². The third kappa shape index (κ3) is 4.76. The quantitative estimate of drug-likeness (QED) is 0.510. The van der Waals surface area contributed by atoms with Gasteiger partial charge in [0.05, 0.1) is 7.11 Å². The van der Waals surface area contributed by atoms with Gasteiger partial charge in [-0.1, -0.05) is 6.92 Å². The Balaban J connectivity index is 0.000000659. The number of halogens is 2. The van der Waals surface area contributed by atoms with Gasteiger partial charge in [0.1, 0.15) is 11.5 Å². The van der Waals surface area contributed by atoms with Gasteiger partial charge in [-0.25, -0.2) is 0 Å². The van der Waals surface area contributed by atoms with E-state index < -0.39 is 20.8 Å². The van der Waals surface area contributed by atoms with Gasteiger partial charge in [-0.3, -0.25) is 4.99 Å². The molecule has 4 bridgehead atoms. The molecule has 4 aliphatic rings. The van der Waals surface area contributed by atoms with Crippen molar-refractivity contribution in [2.24, 2.45) is 22.7 Å². The molecule has 1 aromatic rings. The van der Waals surface area contributed by atoms with Crippen LogP contribution in [-0.4, -0.2) is 25.0 Å². The summed E-state index contributed by atoms with van der Waals surface area (Å²) in [4.78, 5) is 4.44. The zero-order valence-electron chi connectivity index (χ0n) is 16.2. The van der Waals surface area contributed by atoms with Crippen LogP contribution in [0, 0.1) is 17.8 Å². The van der Waals surface area contributed by atoms with E-state index in [1.54, 1.807) is 7.11 Å². The van der Waals surface area contributed by atoms with Gasteiger partial charge in [0.2, 0.25) is 0 Å². The summed E-state index contributed by atoms with van der Waals surface area (Å²) in [7, 11) is 11.6. The first-order valence-electron chi connectivity index (χ1n) is 9.92. The van der Waals surface area contributed by atoms with Gasteiger partial charge in [-0.2, -0.15) is 0 Å². The molecule has 148 valence electrons. The second kappa shape index (κ2) is 9.64. The Bertz CT molecular complexity index is 645. The van der Waals surface area contributed by atoms with E-state index in [1.165, 1.54) is 38.5 Å². The van der Waals surface area contributed by atoms with Crippen molar-refractivity contribution in [1.29, 1.82) is 0 Å². The second-order valence-corrected chi connectivity index (χ2v) is 12.1. The zero-order chi connectivity index (χ0) is 19.4. The predicted molar refractivity (Wildman–Crippen MR) is 109 cm³/mol. The average molecular weight is 490 g/mol. The number of phenols is 1. The monoisotopic (exact) mass is 487 g/mol. The van der Waals surface area contributed by atoms with Crippen LogP contribution in [0.1, 0.15) is 63.0 Å². The van der Waals surface area contributed by atoms with Gasteiger partial charge in [0.25, 0.3) is 0 Å². The fourth-order valence-corrected chi connectivity index (χ4v) is 5.98. The van der Waals surface area contributed by atoms with Crippen molar-refractivity contribution in [3.8, 4) is 11.5 Å². The third-order valence-electron chi connectivity index (χ3n) is 6.54. The van der Waals surface area contributed by atoms with Crippen LogP contribution in [0.4, 0.5) is 0 Å². The van der Waals surface area contributed by atoms with Gasteiger partial charge in [0, 0.05) is 23.9 Å². The summed E-state index contributed by atoms with van der Waals surface area (Å²) in [6.45, 7) is 2.91. The number of methoxy groups -OCH3 is 1. The zero-order valence-corrected chi connectivity index (χ0v) is 20.1. The summed E-state index contributed by atoms with van der Waals surface area (Å²) >= 11 is -0.826. The fourth-order valence-electron chi connectivity index (χ4n) is 5.98. The number of aromatic hydroxyl groups is 1. The first-order valence-corrected chi connectivity index (χ1v) is 16.3. The van der Waals surface area contributed by atoms with E-state index >= 15 is 0 Å². The van der Waals surface area contributed by atoms with Crippen LogP contribution in [0.5, 0.6) is 11.5 Å². The molecule has 0 radical (unpaired) electrons. The molecule has 4 aliphatic carbocycles. The predicted octanol–water partition coefficient (Wildman–Crippen LogP) is 6.07. The number of ether oxygens (including phenoxy) is 1. The maximum atomic E-state index is 11.0. The summed E-state index contributed by atoms with van der Waals surface area (Å²) in [5.74, 6) is 3.87. The van der Waals surface area contributed by atoms with Crippen LogP contribution < -0.4 is 4.74 Å². The molecule has 0 aliphatic heterocycles. The minimum absolute atomic E-state index is 0.167. The summed E-state index contributed by atoms with van der Waals surface area (Å²) < 4.78 is 5.55. The molecule has 4 fully saturated rings. The van der Waals surface area contributed by atoms with Crippen molar-refractivity contribution in [2.75, 3.05) is 13.7 Å². The number of rotatable bonds is 5. The van der Waals surface area contributed by atoms with E-state index in [-0.39, 0.29) is 5.41 Å². The summed E-state index contributed by atoms with van der Waals surface area (Å²) in [5.41, 5.74) is 2.10.